The molecule has 1 heterocycles. The third-order valence-electron chi connectivity index (χ3n) is 3.83. The van der Waals surface area contributed by atoms with Gasteiger partial charge in [-0.1, -0.05) is 24.3 Å². The summed E-state index contributed by atoms with van der Waals surface area (Å²) in [6.07, 6.45) is 4.01. The van der Waals surface area contributed by atoms with Crippen molar-refractivity contribution in [2.75, 3.05) is 17.2 Å². The minimum Gasteiger partial charge on any atom is -0.451 e. The quantitative estimate of drug-likeness (QED) is 0.626. The average molecular weight is 390 g/mol. The maximum atomic E-state index is 12.6. The van der Waals surface area contributed by atoms with E-state index in [1.807, 2.05) is 25.1 Å². The van der Waals surface area contributed by atoms with Crippen molar-refractivity contribution in [1.82, 2.24) is 9.97 Å². The molecule has 0 atom stereocenters. The first-order valence-electron chi connectivity index (χ1n) is 8.73. The normalized spacial score (nSPS) is 10.1. The van der Waals surface area contributed by atoms with Crippen molar-refractivity contribution in [1.29, 1.82) is 0 Å². The van der Waals surface area contributed by atoms with Crippen molar-refractivity contribution >= 4 is 29.2 Å². The molecule has 0 aliphatic heterocycles. The van der Waals surface area contributed by atoms with Crippen LogP contribution in [0.2, 0.25) is 0 Å². The number of nitrogens with zero attached hydrogens (tertiary/aromatic N) is 2. The number of rotatable bonds is 6. The summed E-state index contributed by atoms with van der Waals surface area (Å²) < 4.78 is 4.92. The Hall–Kier alpha value is -4.07. The number of hydrogen-bond donors (Lipinski definition) is 2. The number of hydrogen-bond acceptors (Lipinski definition) is 6. The highest BCUT2D eigenvalue weighted by molar-refractivity contribution is 6.10. The largest absolute Gasteiger partial charge is 0.451 e. The predicted octanol–water partition coefficient (Wildman–Crippen LogP) is 2.83. The number of aryl methyl sites for hydroxylation is 1. The van der Waals surface area contributed by atoms with E-state index in [0.717, 1.165) is 5.56 Å². The number of anilines is 2. The van der Waals surface area contributed by atoms with Crippen LogP contribution in [0.3, 0.4) is 0 Å². The molecule has 2 amide bonds. The van der Waals surface area contributed by atoms with Gasteiger partial charge in [-0.25, -0.2) is 9.78 Å². The molecule has 146 valence electrons. The third-order valence-corrected chi connectivity index (χ3v) is 3.83. The summed E-state index contributed by atoms with van der Waals surface area (Å²) in [6, 6.07) is 13.9. The number of aromatic nitrogens is 2. The molecule has 0 saturated heterocycles. The Balaban J connectivity index is 1.63. The summed E-state index contributed by atoms with van der Waals surface area (Å²) in [4.78, 5) is 44.2. The number of carbonyl (C=O) groups is 3. The molecule has 0 aliphatic carbocycles. The average Bonchev–Trinajstić information content (AvgIpc) is 2.73. The van der Waals surface area contributed by atoms with Crippen molar-refractivity contribution in [3.63, 3.8) is 0 Å². The van der Waals surface area contributed by atoms with Crippen molar-refractivity contribution in [3.8, 4) is 0 Å². The molecule has 0 fully saturated rings. The molecule has 8 heteroatoms. The molecular weight excluding hydrogens is 372 g/mol. The Morgan fingerprint density at radius 1 is 1.00 bits per heavy atom. The lowest BCUT2D eigenvalue weighted by molar-refractivity contribution is -0.119. The summed E-state index contributed by atoms with van der Waals surface area (Å²) in [5.74, 6) is -1.72. The predicted molar refractivity (Wildman–Crippen MR) is 107 cm³/mol. The van der Waals surface area contributed by atoms with Gasteiger partial charge in [0.05, 0.1) is 17.4 Å². The van der Waals surface area contributed by atoms with E-state index in [1.165, 1.54) is 18.6 Å². The summed E-state index contributed by atoms with van der Waals surface area (Å²) in [5, 5.41) is 5.38. The molecule has 29 heavy (non-hydrogen) atoms. The SMILES string of the molecule is Cc1cccc(NC(=O)c2ccccc2NC(=O)COC(=O)c2cnccn2)c1. The van der Waals surface area contributed by atoms with Crippen LogP contribution in [-0.4, -0.2) is 34.4 Å². The highest BCUT2D eigenvalue weighted by Gasteiger charge is 2.15. The number of benzene rings is 2. The maximum absolute atomic E-state index is 12.6. The number of esters is 1. The fraction of sp³-hybridized carbons (Fsp3) is 0.0952. The zero-order valence-electron chi connectivity index (χ0n) is 15.6. The summed E-state index contributed by atoms with van der Waals surface area (Å²) in [6.45, 7) is 1.40. The van der Waals surface area contributed by atoms with Crippen molar-refractivity contribution in [2.24, 2.45) is 0 Å². The van der Waals surface area contributed by atoms with E-state index in [9.17, 15) is 14.4 Å². The van der Waals surface area contributed by atoms with Gasteiger partial charge in [0.2, 0.25) is 0 Å². The number of nitrogens with one attached hydrogen (secondary N) is 2. The fourth-order valence-corrected chi connectivity index (χ4v) is 2.51. The van der Waals surface area contributed by atoms with Gasteiger partial charge >= 0.3 is 5.97 Å². The maximum Gasteiger partial charge on any atom is 0.359 e. The Labute approximate surface area is 167 Å². The molecule has 8 nitrogen and oxygen atoms in total. The van der Waals surface area contributed by atoms with Crippen LogP contribution < -0.4 is 10.6 Å². The monoisotopic (exact) mass is 390 g/mol. The van der Waals surface area contributed by atoms with Gasteiger partial charge in [-0.2, -0.15) is 0 Å². The molecule has 1 aromatic heterocycles. The molecular formula is C21H18N4O4. The third kappa shape index (κ3) is 5.46. The zero-order chi connectivity index (χ0) is 20.6. The van der Waals surface area contributed by atoms with Gasteiger partial charge in [-0.05, 0) is 36.8 Å². The van der Waals surface area contributed by atoms with Gasteiger partial charge < -0.3 is 15.4 Å². The first-order chi connectivity index (χ1) is 14.0. The van der Waals surface area contributed by atoms with Crippen LogP contribution in [0.25, 0.3) is 0 Å². The molecule has 3 rings (SSSR count). The summed E-state index contributed by atoms with van der Waals surface area (Å²) in [5.41, 5.74) is 2.24. The number of amides is 2. The van der Waals surface area contributed by atoms with Gasteiger partial charge in [0.25, 0.3) is 11.8 Å². The molecule has 0 saturated carbocycles. The second-order valence-corrected chi connectivity index (χ2v) is 6.08. The standard InChI is InChI=1S/C21H18N4O4/c1-14-5-4-6-15(11-14)24-20(27)16-7-2-3-8-17(16)25-19(26)13-29-21(28)18-12-22-9-10-23-18/h2-12H,13H2,1H3,(H,24,27)(H,25,26). The zero-order valence-corrected chi connectivity index (χ0v) is 15.6. The Kier molecular flexibility index (Phi) is 6.26. The second kappa shape index (κ2) is 9.23. The lowest BCUT2D eigenvalue weighted by Gasteiger charge is -2.12. The van der Waals surface area contributed by atoms with E-state index in [2.05, 4.69) is 20.6 Å². The molecule has 3 aromatic rings. The number of ether oxygens (including phenoxy) is 1. The molecule has 0 bridgehead atoms. The van der Waals surface area contributed by atoms with E-state index < -0.39 is 18.5 Å². The fourth-order valence-electron chi connectivity index (χ4n) is 2.51. The number of carbonyl (C=O) groups excluding carboxylic acids is 3. The molecule has 0 radical (unpaired) electrons. The van der Waals surface area contributed by atoms with E-state index in [0.29, 0.717) is 11.4 Å². The van der Waals surface area contributed by atoms with Crippen LogP contribution in [0.4, 0.5) is 11.4 Å². The second-order valence-electron chi connectivity index (χ2n) is 6.08. The van der Waals surface area contributed by atoms with Crippen LogP contribution in [0, 0.1) is 6.92 Å². The first-order valence-corrected chi connectivity index (χ1v) is 8.73. The summed E-state index contributed by atoms with van der Waals surface area (Å²) >= 11 is 0. The van der Waals surface area contributed by atoms with E-state index in [-0.39, 0.29) is 17.2 Å². The lowest BCUT2D eigenvalue weighted by atomic mass is 10.1. The van der Waals surface area contributed by atoms with Crippen molar-refractivity contribution in [3.05, 3.63) is 83.9 Å². The highest BCUT2D eigenvalue weighted by Crippen LogP contribution is 2.18. The minimum absolute atomic E-state index is 0.00164. The van der Waals surface area contributed by atoms with Gasteiger partial charge in [-0.3, -0.25) is 14.6 Å². The lowest BCUT2D eigenvalue weighted by Crippen LogP contribution is -2.23. The molecule has 0 spiro atoms. The van der Waals surface area contributed by atoms with Gasteiger partial charge in [-0.15, -0.1) is 0 Å². The number of para-hydroxylation sites is 1. The van der Waals surface area contributed by atoms with Crippen molar-refractivity contribution in [2.45, 2.75) is 6.92 Å². The highest BCUT2D eigenvalue weighted by atomic mass is 16.5. The van der Waals surface area contributed by atoms with Crippen LogP contribution in [0.15, 0.2) is 67.1 Å². The van der Waals surface area contributed by atoms with Gasteiger partial charge in [0.15, 0.2) is 12.3 Å². The van der Waals surface area contributed by atoms with Gasteiger partial charge in [0.1, 0.15) is 0 Å². The van der Waals surface area contributed by atoms with Crippen LogP contribution in [0.5, 0.6) is 0 Å². The minimum atomic E-state index is -0.765. The molecule has 2 N–H and O–H groups in total. The molecule has 0 aliphatic rings. The molecule has 2 aromatic carbocycles. The Morgan fingerprint density at radius 3 is 2.59 bits per heavy atom. The first kappa shape index (κ1) is 19.7. The van der Waals surface area contributed by atoms with E-state index in [1.54, 1.807) is 30.3 Å². The summed E-state index contributed by atoms with van der Waals surface area (Å²) in [7, 11) is 0. The van der Waals surface area contributed by atoms with E-state index >= 15 is 0 Å². The topological polar surface area (TPSA) is 110 Å². The van der Waals surface area contributed by atoms with E-state index in [4.69, 9.17) is 4.74 Å². The Bertz CT molecular complexity index is 1040. The Morgan fingerprint density at radius 2 is 1.83 bits per heavy atom. The molecule has 0 unspecified atom stereocenters. The van der Waals surface area contributed by atoms with Gasteiger partial charge in [0, 0.05) is 18.1 Å². The van der Waals surface area contributed by atoms with Crippen LogP contribution >= 0.6 is 0 Å². The van der Waals surface area contributed by atoms with Crippen LogP contribution in [-0.2, 0) is 9.53 Å². The van der Waals surface area contributed by atoms with Crippen molar-refractivity contribution < 1.29 is 19.1 Å². The van der Waals surface area contributed by atoms with Crippen LogP contribution in [0.1, 0.15) is 26.4 Å². The smallest absolute Gasteiger partial charge is 0.359 e.